The van der Waals surface area contributed by atoms with Crippen LogP contribution in [0.25, 0.3) is 0 Å². The topological polar surface area (TPSA) is 25.4 Å². The van der Waals surface area contributed by atoms with E-state index < -0.39 is 0 Å². The van der Waals surface area contributed by atoms with Gasteiger partial charge in [0.05, 0.1) is 6.61 Å². The normalized spacial score (nSPS) is 12.2. The summed E-state index contributed by atoms with van der Waals surface area (Å²) >= 11 is 3.54. The van der Waals surface area contributed by atoms with Gasteiger partial charge in [0.25, 0.3) is 0 Å². The SMILES string of the molecule is CCOc1cccc(N(C)CCC(C)Br)n1. The van der Waals surface area contributed by atoms with Crippen LogP contribution in [0.3, 0.4) is 0 Å². The lowest BCUT2D eigenvalue weighted by molar-refractivity contribution is 0.327. The van der Waals surface area contributed by atoms with Gasteiger partial charge in [-0.05, 0) is 19.4 Å². The Hall–Kier alpha value is -0.770. The third-order valence-corrected chi connectivity index (χ3v) is 2.71. The number of anilines is 1. The van der Waals surface area contributed by atoms with E-state index in [0.29, 0.717) is 17.3 Å². The van der Waals surface area contributed by atoms with Gasteiger partial charge in [0, 0.05) is 24.5 Å². The Labute approximate surface area is 106 Å². The first kappa shape index (κ1) is 13.3. The van der Waals surface area contributed by atoms with E-state index in [1.165, 1.54) is 0 Å². The molecule has 1 unspecified atom stereocenters. The maximum atomic E-state index is 5.38. The van der Waals surface area contributed by atoms with Crippen LogP contribution in [0.1, 0.15) is 20.3 Å². The van der Waals surface area contributed by atoms with E-state index in [1.807, 2.05) is 32.2 Å². The van der Waals surface area contributed by atoms with Gasteiger partial charge in [0.15, 0.2) is 0 Å². The second-order valence-corrected chi connectivity index (χ2v) is 5.32. The second-order valence-electron chi connectivity index (χ2n) is 3.76. The van der Waals surface area contributed by atoms with Crippen molar-refractivity contribution in [3.05, 3.63) is 18.2 Å². The minimum atomic E-state index is 0.532. The van der Waals surface area contributed by atoms with Gasteiger partial charge in [-0.1, -0.05) is 28.9 Å². The Kier molecular flexibility index (Phi) is 5.60. The molecule has 0 saturated heterocycles. The van der Waals surface area contributed by atoms with Gasteiger partial charge >= 0.3 is 0 Å². The molecule has 0 N–H and O–H groups in total. The van der Waals surface area contributed by atoms with E-state index in [-0.39, 0.29) is 0 Å². The molecule has 1 aromatic heterocycles. The zero-order chi connectivity index (χ0) is 12.0. The van der Waals surface area contributed by atoms with E-state index in [0.717, 1.165) is 18.8 Å². The minimum Gasteiger partial charge on any atom is -0.478 e. The van der Waals surface area contributed by atoms with Gasteiger partial charge in [0.1, 0.15) is 5.82 Å². The number of alkyl halides is 1. The summed E-state index contributed by atoms with van der Waals surface area (Å²) in [5, 5.41) is 0. The number of hydrogen-bond acceptors (Lipinski definition) is 3. The Bertz CT molecular complexity index is 318. The summed E-state index contributed by atoms with van der Waals surface area (Å²) in [7, 11) is 2.05. The fraction of sp³-hybridized carbons (Fsp3) is 0.583. The average molecular weight is 287 g/mol. The molecule has 4 heteroatoms. The molecule has 0 saturated carbocycles. The molecule has 16 heavy (non-hydrogen) atoms. The number of aromatic nitrogens is 1. The molecule has 0 spiro atoms. The molecular formula is C12H19BrN2O. The highest BCUT2D eigenvalue weighted by molar-refractivity contribution is 9.09. The maximum absolute atomic E-state index is 5.38. The highest BCUT2D eigenvalue weighted by Gasteiger charge is 2.05. The van der Waals surface area contributed by atoms with Crippen molar-refractivity contribution in [1.82, 2.24) is 4.98 Å². The summed E-state index contributed by atoms with van der Waals surface area (Å²) in [5.74, 6) is 1.65. The number of pyridine rings is 1. The molecule has 0 aliphatic heterocycles. The van der Waals surface area contributed by atoms with E-state index >= 15 is 0 Å². The summed E-state index contributed by atoms with van der Waals surface area (Å²) in [6, 6.07) is 5.86. The van der Waals surface area contributed by atoms with Crippen LogP contribution in [0.5, 0.6) is 5.88 Å². The first-order valence-electron chi connectivity index (χ1n) is 5.58. The molecule has 1 aromatic rings. The van der Waals surface area contributed by atoms with Crippen molar-refractivity contribution in [2.45, 2.75) is 25.1 Å². The molecule has 1 atom stereocenters. The maximum Gasteiger partial charge on any atom is 0.215 e. The van der Waals surface area contributed by atoms with Crippen LogP contribution in [-0.4, -0.2) is 30.0 Å². The van der Waals surface area contributed by atoms with Gasteiger partial charge in [0.2, 0.25) is 5.88 Å². The van der Waals surface area contributed by atoms with Gasteiger partial charge in [-0.3, -0.25) is 0 Å². The minimum absolute atomic E-state index is 0.532. The van der Waals surface area contributed by atoms with Gasteiger partial charge < -0.3 is 9.64 Å². The highest BCUT2D eigenvalue weighted by Crippen LogP contribution is 2.15. The lowest BCUT2D eigenvalue weighted by Crippen LogP contribution is -2.21. The third kappa shape index (κ3) is 4.39. The molecule has 1 rings (SSSR count). The number of nitrogens with zero attached hydrogens (tertiary/aromatic N) is 2. The van der Waals surface area contributed by atoms with Gasteiger partial charge in [-0.2, -0.15) is 4.98 Å². The average Bonchev–Trinajstić information content (AvgIpc) is 2.26. The van der Waals surface area contributed by atoms with Gasteiger partial charge in [-0.25, -0.2) is 0 Å². The zero-order valence-electron chi connectivity index (χ0n) is 10.1. The highest BCUT2D eigenvalue weighted by atomic mass is 79.9. The molecule has 0 aliphatic carbocycles. The summed E-state index contributed by atoms with van der Waals surface area (Å²) in [4.78, 5) is 7.10. The van der Waals surface area contributed by atoms with E-state index in [4.69, 9.17) is 4.74 Å². The number of ether oxygens (including phenoxy) is 1. The standard InChI is InChI=1S/C12H19BrN2O/c1-4-16-12-7-5-6-11(14-12)15(3)9-8-10(2)13/h5-7,10H,4,8-9H2,1-3H3. The van der Waals surface area contributed by atoms with Crippen LogP contribution in [0.15, 0.2) is 18.2 Å². The Morgan fingerprint density at radius 3 is 2.88 bits per heavy atom. The number of halogens is 1. The summed E-state index contributed by atoms with van der Waals surface area (Å²) in [6.45, 7) is 5.75. The predicted octanol–water partition coefficient (Wildman–Crippen LogP) is 3.09. The van der Waals surface area contributed by atoms with Crippen molar-refractivity contribution >= 4 is 21.7 Å². The Balaban J connectivity index is 2.60. The van der Waals surface area contributed by atoms with E-state index in [1.54, 1.807) is 0 Å². The van der Waals surface area contributed by atoms with Crippen LogP contribution in [0.4, 0.5) is 5.82 Å². The van der Waals surface area contributed by atoms with Crippen LogP contribution >= 0.6 is 15.9 Å². The van der Waals surface area contributed by atoms with Gasteiger partial charge in [-0.15, -0.1) is 0 Å². The van der Waals surface area contributed by atoms with Crippen LogP contribution in [0.2, 0.25) is 0 Å². The second kappa shape index (κ2) is 6.74. The predicted molar refractivity (Wildman–Crippen MR) is 71.7 cm³/mol. The number of hydrogen-bond donors (Lipinski definition) is 0. The van der Waals surface area contributed by atoms with Crippen molar-refractivity contribution in [3.8, 4) is 5.88 Å². The summed E-state index contributed by atoms with van der Waals surface area (Å²) in [6.07, 6.45) is 1.09. The molecule has 0 aromatic carbocycles. The molecule has 0 amide bonds. The Morgan fingerprint density at radius 1 is 1.50 bits per heavy atom. The first-order valence-corrected chi connectivity index (χ1v) is 6.50. The molecule has 0 fully saturated rings. The van der Waals surface area contributed by atoms with Crippen LogP contribution < -0.4 is 9.64 Å². The lowest BCUT2D eigenvalue weighted by Gasteiger charge is -2.19. The van der Waals surface area contributed by atoms with Crippen LogP contribution in [-0.2, 0) is 0 Å². The molecule has 0 radical (unpaired) electrons. The first-order chi connectivity index (χ1) is 7.63. The number of rotatable bonds is 6. The summed E-state index contributed by atoms with van der Waals surface area (Å²) in [5.41, 5.74) is 0. The molecule has 1 heterocycles. The van der Waals surface area contributed by atoms with Crippen molar-refractivity contribution in [2.24, 2.45) is 0 Å². The molecule has 0 aliphatic rings. The van der Waals surface area contributed by atoms with Crippen molar-refractivity contribution < 1.29 is 4.74 Å². The Morgan fingerprint density at radius 2 is 2.25 bits per heavy atom. The fourth-order valence-electron chi connectivity index (χ4n) is 1.33. The fourth-order valence-corrected chi connectivity index (χ4v) is 1.54. The largest absolute Gasteiger partial charge is 0.478 e. The molecule has 90 valence electrons. The van der Waals surface area contributed by atoms with E-state index in [9.17, 15) is 0 Å². The monoisotopic (exact) mass is 286 g/mol. The third-order valence-electron chi connectivity index (χ3n) is 2.25. The molecule has 3 nitrogen and oxygen atoms in total. The van der Waals surface area contributed by atoms with E-state index in [2.05, 4.69) is 32.7 Å². The molecule has 0 bridgehead atoms. The summed E-state index contributed by atoms with van der Waals surface area (Å²) < 4.78 is 5.38. The quantitative estimate of drug-likeness (QED) is 0.752. The smallest absolute Gasteiger partial charge is 0.215 e. The van der Waals surface area contributed by atoms with Crippen LogP contribution in [0, 0.1) is 0 Å². The molecular weight excluding hydrogens is 268 g/mol. The lowest BCUT2D eigenvalue weighted by atomic mass is 10.3. The van der Waals surface area contributed by atoms with Crippen molar-refractivity contribution in [3.63, 3.8) is 0 Å². The zero-order valence-corrected chi connectivity index (χ0v) is 11.7. The van der Waals surface area contributed by atoms with Crippen molar-refractivity contribution in [1.29, 1.82) is 0 Å². The van der Waals surface area contributed by atoms with Crippen molar-refractivity contribution in [2.75, 3.05) is 25.1 Å².